The van der Waals surface area contributed by atoms with E-state index in [1.807, 2.05) is 11.3 Å². The summed E-state index contributed by atoms with van der Waals surface area (Å²) in [6, 6.07) is 0.635. The third-order valence-corrected chi connectivity index (χ3v) is 5.43. The molecule has 1 saturated heterocycles. The molecule has 0 saturated carbocycles. The van der Waals surface area contributed by atoms with E-state index in [0.29, 0.717) is 6.04 Å². The van der Waals surface area contributed by atoms with Crippen molar-refractivity contribution in [3.8, 4) is 0 Å². The number of rotatable bonds is 6. The Kier molecular flexibility index (Phi) is 5.32. The fraction of sp³-hybridized carbons (Fsp3) is 0.769. The number of nitrogens with zero attached hydrogens (tertiary/aromatic N) is 1. The summed E-state index contributed by atoms with van der Waals surface area (Å²) in [7, 11) is 0. The minimum atomic E-state index is 0.635. The van der Waals surface area contributed by atoms with E-state index in [2.05, 4.69) is 41.3 Å². The van der Waals surface area contributed by atoms with Crippen LogP contribution in [0.4, 0.5) is 0 Å². The highest BCUT2D eigenvalue weighted by atomic mass is 32.2. The van der Waals surface area contributed by atoms with Crippen molar-refractivity contribution < 1.29 is 0 Å². The Morgan fingerprint density at radius 1 is 1.59 bits per heavy atom. The quantitative estimate of drug-likeness (QED) is 0.860. The van der Waals surface area contributed by atoms with E-state index in [-0.39, 0.29) is 0 Å². The minimum Gasteiger partial charge on any atom is -0.313 e. The van der Waals surface area contributed by atoms with Crippen molar-refractivity contribution in [1.82, 2.24) is 10.3 Å². The molecule has 2 unspecified atom stereocenters. The topological polar surface area (TPSA) is 24.9 Å². The molecule has 17 heavy (non-hydrogen) atoms. The second kappa shape index (κ2) is 6.76. The molecule has 4 heteroatoms. The van der Waals surface area contributed by atoms with Crippen LogP contribution in [0.5, 0.6) is 0 Å². The van der Waals surface area contributed by atoms with E-state index in [1.54, 1.807) is 0 Å². The van der Waals surface area contributed by atoms with Crippen molar-refractivity contribution in [3.63, 3.8) is 0 Å². The average molecular weight is 270 g/mol. The van der Waals surface area contributed by atoms with Crippen molar-refractivity contribution >= 4 is 23.1 Å². The van der Waals surface area contributed by atoms with E-state index >= 15 is 0 Å². The molecule has 0 aromatic carbocycles. The SMILES string of the molecule is CCCNC(Cc1nc(C)cs1)C1CCSC1. The Morgan fingerprint density at radius 3 is 3.06 bits per heavy atom. The fourth-order valence-corrected chi connectivity index (χ4v) is 4.46. The number of aromatic nitrogens is 1. The zero-order valence-corrected chi connectivity index (χ0v) is 12.4. The first-order valence-electron chi connectivity index (χ1n) is 6.51. The summed E-state index contributed by atoms with van der Waals surface area (Å²) >= 11 is 3.91. The normalized spacial score (nSPS) is 21.9. The first-order chi connectivity index (χ1) is 8.29. The van der Waals surface area contributed by atoms with Gasteiger partial charge in [-0.1, -0.05) is 6.92 Å². The molecule has 2 nitrogen and oxygen atoms in total. The summed E-state index contributed by atoms with van der Waals surface area (Å²) in [6.07, 6.45) is 3.70. The number of thiazole rings is 1. The van der Waals surface area contributed by atoms with Crippen LogP contribution >= 0.6 is 23.1 Å². The van der Waals surface area contributed by atoms with Gasteiger partial charge in [-0.3, -0.25) is 0 Å². The van der Waals surface area contributed by atoms with Crippen LogP contribution in [-0.2, 0) is 6.42 Å². The van der Waals surface area contributed by atoms with Gasteiger partial charge >= 0.3 is 0 Å². The second-order valence-electron chi connectivity index (χ2n) is 4.77. The number of thioether (sulfide) groups is 1. The Morgan fingerprint density at radius 2 is 2.47 bits per heavy atom. The van der Waals surface area contributed by atoms with Crippen molar-refractivity contribution in [2.75, 3.05) is 18.1 Å². The van der Waals surface area contributed by atoms with E-state index in [0.717, 1.165) is 18.9 Å². The van der Waals surface area contributed by atoms with E-state index in [4.69, 9.17) is 0 Å². The van der Waals surface area contributed by atoms with Crippen molar-refractivity contribution in [2.24, 2.45) is 5.92 Å². The summed E-state index contributed by atoms with van der Waals surface area (Å²) in [5, 5.41) is 7.18. The van der Waals surface area contributed by atoms with E-state index in [1.165, 1.54) is 35.0 Å². The van der Waals surface area contributed by atoms with Crippen molar-refractivity contribution in [1.29, 1.82) is 0 Å². The van der Waals surface area contributed by atoms with Crippen LogP contribution in [0, 0.1) is 12.8 Å². The van der Waals surface area contributed by atoms with Gasteiger partial charge in [-0.2, -0.15) is 11.8 Å². The Hall–Kier alpha value is -0.0600. The van der Waals surface area contributed by atoms with Gasteiger partial charge in [0, 0.05) is 23.5 Å². The van der Waals surface area contributed by atoms with Gasteiger partial charge in [-0.05, 0) is 43.7 Å². The Bertz CT molecular complexity index is 332. The summed E-state index contributed by atoms with van der Waals surface area (Å²) < 4.78 is 0. The maximum absolute atomic E-state index is 4.60. The molecule has 1 aliphatic rings. The Balaban J connectivity index is 1.94. The molecule has 0 amide bonds. The minimum absolute atomic E-state index is 0.635. The molecule has 1 fully saturated rings. The molecule has 1 aliphatic heterocycles. The van der Waals surface area contributed by atoms with Gasteiger partial charge in [0.15, 0.2) is 0 Å². The zero-order valence-electron chi connectivity index (χ0n) is 10.7. The predicted molar refractivity (Wildman–Crippen MR) is 78.1 cm³/mol. The highest BCUT2D eigenvalue weighted by Crippen LogP contribution is 2.28. The molecular formula is C13H22N2S2. The molecular weight excluding hydrogens is 248 g/mol. The lowest BCUT2D eigenvalue weighted by atomic mass is 9.96. The van der Waals surface area contributed by atoms with E-state index < -0.39 is 0 Å². The number of hydrogen-bond acceptors (Lipinski definition) is 4. The second-order valence-corrected chi connectivity index (χ2v) is 6.86. The number of hydrogen-bond donors (Lipinski definition) is 1. The molecule has 0 aliphatic carbocycles. The lowest BCUT2D eigenvalue weighted by Crippen LogP contribution is -2.38. The maximum Gasteiger partial charge on any atom is 0.0943 e. The van der Waals surface area contributed by atoms with Crippen LogP contribution in [0.15, 0.2) is 5.38 Å². The third-order valence-electron chi connectivity index (χ3n) is 3.25. The standard InChI is InChI=1S/C13H22N2S2/c1-3-5-14-12(11-4-6-16-9-11)7-13-15-10(2)8-17-13/h8,11-12,14H,3-7,9H2,1-2H3. The van der Waals surface area contributed by atoms with Gasteiger partial charge in [-0.25, -0.2) is 4.98 Å². The lowest BCUT2D eigenvalue weighted by molar-refractivity contribution is 0.379. The van der Waals surface area contributed by atoms with Gasteiger partial charge < -0.3 is 5.32 Å². The molecule has 0 bridgehead atoms. The van der Waals surface area contributed by atoms with Crippen LogP contribution in [0.25, 0.3) is 0 Å². The molecule has 0 spiro atoms. The molecule has 2 rings (SSSR count). The molecule has 1 aromatic rings. The monoisotopic (exact) mass is 270 g/mol. The molecule has 2 atom stereocenters. The molecule has 1 aromatic heterocycles. The summed E-state index contributed by atoms with van der Waals surface area (Å²) in [4.78, 5) is 4.60. The van der Waals surface area contributed by atoms with Gasteiger partial charge in [0.25, 0.3) is 0 Å². The molecule has 0 radical (unpaired) electrons. The van der Waals surface area contributed by atoms with Gasteiger partial charge in [0.05, 0.1) is 5.01 Å². The smallest absolute Gasteiger partial charge is 0.0943 e. The van der Waals surface area contributed by atoms with Gasteiger partial charge in [0.1, 0.15) is 0 Å². The number of aryl methyl sites for hydroxylation is 1. The largest absolute Gasteiger partial charge is 0.313 e. The lowest BCUT2D eigenvalue weighted by Gasteiger charge is -2.23. The zero-order chi connectivity index (χ0) is 12.1. The van der Waals surface area contributed by atoms with Crippen LogP contribution in [-0.4, -0.2) is 29.1 Å². The molecule has 1 N–H and O–H groups in total. The number of nitrogens with one attached hydrogen (secondary N) is 1. The van der Waals surface area contributed by atoms with Crippen LogP contribution in [0.3, 0.4) is 0 Å². The molecule has 96 valence electrons. The van der Waals surface area contributed by atoms with Gasteiger partial charge in [-0.15, -0.1) is 11.3 Å². The first kappa shape index (κ1) is 13.4. The van der Waals surface area contributed by atoms with Crippen molar-refractivity contribution in [3.05, 3.63) is 16.1 Å². The van der Waals surface area contributed by atoms with Gasteiger partial charge in [0.2, 0.25) is 0 Å². The summed E-state index contributed by atoms with van der Waals surface area (Å²) in [5.41, 5.74) is 1.17. The summed E-state index contributed by atoms with van der Waals surface area (Å²) in [6.45, 7) is 5.46. The third kappa shape index (κ3) is 3.97. The van der Waals surface area contributed by atoms with Crippen LogP contribution in [0.2, 0.25) is 0 Å². The van der Waals surface area contributed by atoms with Crippen molar-refractivity contribution in [2.45, 2.75) is 39.2 Å². The average Bonchev–Trinajstić information content (AvgIpc) is 2.95. The highest BCUT2D eigenvalue weighted by molar-refractivity contribution is 7.99. The fourth-order valence-electron chi connectivity index (χ4n) is 2.29. The Labute approximate surface area is 113 Å². The van der Waals surface area contributed by atoms with Crippen LogP contribution in [0.1, 0.15) is 30.5 Å². The maximum atomic E-state index is 4.60. The summed E-state index contributed by atoms with van der Waals surface area (Å²) in [5.74, 6) is 3.51. The first-order valence-corrected chi connectivity index (χ1v) is 8.55. The molecule has 2 heterocycles. The predicted octanol–water partition coefficient (Wildman–Crippen LogP) is 3.12. The van der Waals surface area contributed by atoms with Crippen LogP contribution < -0.4 is 5.32 Å². The van der Waals surface area contributed by atoms with E-state index in [9.17, 15) is 0 Å². The highest BCUT2D eigenvalue weighted by Gasteiger charge is 2.25.